The lowest BCUT2D eigenvalue weighted by Gasteiger charge is -2.41. The molecule has 2 fully saturated rings. The Morgan fingerprint density at radius 1 is 0.746 bits per heavy atom. The average Bonchev–Trinajstić information content (AvgIpc) is 3.64. The number of pyridine rings is 1. The Labute approximate surface area is 385 Å². The van der Waals surface area contributed by atoms with Gasteiger partial charge in [0.2, 0.25) is 11.8 Å². The van der Waals surface area contributed by atoms with Crippen molar-refractivity contribution in [3.05, 3.63) is 126 Å². The van der Waals surface area contributed by atoms with Gasteiger partial charge in [0, 0.05) is 55.9 Å². The van der Waals surface area contributed by atoms with Crippen LogP contribution in [0.25, 0.3) is 22.2 Å². The molecule has 67 heavy (non-hydrogen) atoms. The van der Waals surface area contributed by atoms with Crippen molar-refractivity contribution in [3.63, 3.8) is 0 Å². The Balaban J connectivity index is 0.881. The van der Waals surface area contributed by atoms with Crippen LogP contribution in [0.2, 0.25) is 0 Å². The van der Waals surface area contributed by atoms with E-state index >= 15 is 0 Å². The molecule has 1 saturated heterocycles. The number of nitrogens with zero attached hydrogens (tertiary/aromatic N) is 5. The summed E-state index contributed by atoms with van der Waals surface area (Å²) in [4.78, 5) is 8.41. The molecule has 6 aromatic rings. The molecule has 3 heterocycles. The molecule has 2 aliphatic rings. The van der Waals surface area contributed by atoms with Crippen LogP contribution in [0.3, 0.4) is 0 Å². The lowest BCUT2D eigenvalue weighted by molar-refractivity contribution is -0.187. The second kappa shape index (κ2) is 20.1. The summed E-state index contributed by atoms with van der Waals surface area (Å²) in [6.07, 6.45) is -2.11. The van der Waals surface area contributed by atoms with Crippen LogP contribution in [-0.2, 0) is 30.4 Å². The molecule has 8 rings (SSSR count). The van der Waals surface area contributed by atoms with Crippen LogP contribution < -0.4 is 23.3 Å². The monoisotopic (exact) mass is 951 g/mol. The van der Waals surface area contributed by atoms with Crippen LogP contribution in [0, 0.1) is 12.8 Å². The molecule has 0 spiro atoms. The van der Waals surface area contributed by atoms with E-state index in [-0.39, 0.29) is 49.5 Å². The van der Waals surface area contributed by atoms with Crippen molar-refractivity contribution in [2.24, 2.45) is 13.0 Å². The fraction of sp³-hybridized carbons (Fsp3) is 0.388. The van der Waals surface area contributed by atoms with E-state index < -0.39 is 33.6 Å². The Bertz CT molecular complexity index is 2720. The molecular weight excluding hydrogens is 901 g/mol. The highest BCUT2D eigenvalue weighted by Gasteiger charge is 2.49. The average molecular weight is 952 g/mol. The van der Waals surface area contributed by atoms with Gasteiger partial charge >= 0.3 is 21.8 Å². The van der Waals surface area contributed by atoms with E-state index in [1.807, 2.05) is 92.0 Å². The largest absolute Gasteiger partial charge is 0.534 e. The lowest BCUT2D eigenvalue weighted by atomic mass is 9.83. The van der Waals surface area contributed by atoms with Gasteiger partial charge in [0.1, 0.15) is 36.4 Å². The first-order chi connectivity index (χ1) is 32.0. The molecule has 356 valence electrons. The van der Waals surface area contributed by atoms with Gasteiger partial charge < -0.3 is 23.3 Å². The summed E-state index contributed by atoms with van der Waals surface area (Å²) in [5.41, 5.74) is -0.431. The van der Waals surface area contributed by atoms with Crippen molar-refractivity contribution in [2.75, 3.05) is 31.1 Å². The third-order valence-electron chi connectivity index (χ3n) is 12.5. The van der Waals surface area contributed by atoms with Gasteiger partial charge in [0.05, 0.1) is 17.2 Å². The standard InChI is InChI=1S/C49H51F6N5O6S/c1-33-42(14-9-15-43(33)66-67(61,62)49(53,54)55)65-38-20-16-34(17-21-38)18-24-44(48(50,51)52)60-28-26-59(27-29-60)37-19-22-39-41(30-37)58(2)57-46(39)40-23-25-45(63-31-35-10-5-3-6-11-35)56-47(40)64-32-36-12-7-4-8-13-36/h3-15,19,22-23,25,30,34,38,44H,16-18,20-21,24,26-29,31-32H2,1-2H3/t34?,38?,44-/m0/s1. The highest BCUT2D eigenvalue weighted by atomic mass is 32.2. The fourth-order valence-corrected chi connectivity index (χ4v) is 9.34. The molecule has 1 saturated carbocycles. The number of aromatic nitrogens is 3. The summed E-state index contributed by atoms with van der Waals surface area (Å²) in [5, 5.41) is 5.76. The molecular formula is C49H51F6N5O6S. The van der Waals surface area contributed by atoms with Gasteiger partial charge in [-0.15, -0.1) is 0 Å². The van der Waals surface area contributed by atoms with E-state index in [1.54, 1.807) is 15.6 Å². The minimum absolute atomic E-state index is 0.0400. The van der Waals surface area contributed by atoms with Crippen molar-refractivity contribution in [1.29, 1.82) is 0 Å². The normalized spacial score (nSPS) is 17.9. The molecule has 1 atom stereocenters. The second-order valence-corrected chi connectivity index (χ2v) is 18.5. The van der Waals surface area contributed by atoms with Gasteiger partial charge in [-0.05, 0) is 98.9 Å². The van der Waals surface area contributed by atoms with Crippen molar-refractivity contribution in [2.45, 2.75) is 82.5 Å². The lowest BCUT2D eigenvalue weighted by Crippen LogP contribution is -2.55. The smallest absolute Gasteiger partial charge is 0.490 e. The highest BCUT2D eigenvalue weighted by molar-refractivity contribution is 7.88. The molecule has 18 heteroatoms. The molecule has 11 nitrogen and oxygen atoms in total. The first kappa shape index (κ1) is 47.5. The predicted octanol–water partition coefficient (Wildman–Crippen LogP) is 10.8. The minimum atomic E-state index is -5.86. The molecule has 1 aliphatic heterocycles. The zero-order valence-corrected chi connectivity index (χ0v) is 37.8. The van der Waals surface area contributed by atoms with Crippen molar-refractivity contribution < 1.29 is 53.2 Å². The van der Waals surface area contributed by atoms with Crippen LogP contribution >= 0.6 is 0 Å². The van der Waals surface area contributed by atoms with E-state index in [2.05, 4.69) is 9.08 Å². The van der Waals surface area contributed by atoms with Crippen LogP contribution in [0.1, 0.15) is 55.2 Å². The molecule has 0 N–H and O–H groups in total. The molecule has 0 amide bonds. The molecule has 0 radical (unpaired) electrons. The number of piperazine rings is 1. The highest BCUT2D eigenvalue weighted by Crippen LogP contribution is 2.40. The number of anilines is 1. The summed E-state index contributed by atoms with van der Waals surface area (Å²) >= 11 is 0. The first-order valence-electron chi connectivity index (χ1n) is 22.2. The van der Waals surface area contributed by atoms with E-state index in [0.29, 0.717) is 74.8 Å². The van der Waals surface area contributed by atoms with Gasteiger partial charge in [-0.25, -0.2) is 0 Å². The number of hydrogen-bond donors (Lipinski definition) is 0. The van der Waals surface area contributed by atoms with E-state index in [1.165, 1.54) is 19.1 Å². The van der Waals surface area contributed by atoms with Crippen LogP contribution in [0.5, 0.6) is 23.3 Å². The molecule has 4 aromatic carbocycles. The Kier molecular flexibility index (Phi) is 14.2. The Hall–Kier alpha value is -6.01. The SMILES string of the molecule is Cc1c(OC2CCC(CC[C@H](N3CCN(c4ccc5c(-c6ccc(OCc7ccccc7)nc6OCc6ccccc6)nn(C)c5c4)CC3)C(F)(F)F)CC2)cccc1OS(=O)(=O)C(F)(F)F. The van der Waals surface area contributed by atoms with Crippen molar-refractivity contribution in [1.82, 2.24) is 19.7 Å². The number of aryl methyl sites for hydroxylation is 1. The van der Waals surface area contributed by atoms with Gasteiger partial charge in [0.15, 0.2) is 0 Å². The zero-order valence-electron chi connectivity index (χ0n) is 37.0. The van der Waals surface area contributed by atoms with E-state index in [0.717, 1.165) is 33.8 Å². The number of benzene rings is 4. The summed E-state index contributed by atoms with van der Waals surface area (Å²) in [6, 6.07) is 31.6. The van der Waals surface area contributed by atoms with Crippen molar-refractivity contribution >= 4 is 26.7 Å². The Morgan fingerprint density at radius 2 is 1.39 bits per heavy atom. The fourth-order valence-electron chi connectivity index (χ4n) is 8.83. The summed E-state index contributed by atoms with van der Waals surface area (Å²) in [7, 11) is -4.01. The van der Waals surface area contributed by atoms with Gasteiger partial charge in [0.25, 0.3) is 0 Å². The number of alkyl halides is 6. The number of ether oxygens (including phenoxy) is 3. The van der Waals surface area contributed by atoms with Gasteiger partial charge in [-0.1, -0.05) is 66.7 Å². The van der Waals surface area contributed by atoms with Crippen LogP contribution in [0.4, 0.5) is 32.0 Å². The third kappa shape index (κ3) is 11.4. The van der Waals surface area contributed by atoms with Crippen LogP contribution in [-0.4, -0.2) is 78.1 Å². The molecule has 1 aliphatic carbocycles. The van der Waals surface area contributed by atoms with Crippen molar-refractivity contribution in [3.8, 4) is 34.5 Å². The number of rotatable bonds is 16. The third-order valence-corrected chi connectivity index (χ3v) is 13.5. The van der Waals surface area contributed by atoms with E-state index in [9.17, 15) is 34.8 Å². The number of halogens is 6. The van der Waals surface area contributed by atoms with Crippen LogP contribution in [0.15, 0.2) is 109 Å². The first-order valence-corrected chi connectivity index (χ1v) is 23.6. The quantitative estimate of drug-likeness (QED) is 0.0529. The van der Waals surface area contributed by atoms with Gasteiger partial charge in [-0.2, -0.15) is 44.8 Å². The minimum Gasteiger partial charge on any atom is -0.490 e. The topological polar surface area (TPSA) is 108 Å². The maximum Gasteiger partial charge on any atom is 0.534 e. The molecule has 0 unspecified atom stereocenters. The maximum atomic E-state index is 14.7. The summed E-state index contributed by atoms with van der Waals surface area (Å²) in [6.45, 7) is 3.30. The van der Waals surface area contributed by atoms with Gasteiger partial charge in [-0.3, -0.25) is 9.58 Å². The van der Waals surface area contributed by atoms with E-state index in [4.69, 9.17) is 24.3 Å². The Morgan fingerprint density at radius 3 is 2.03 bits per heavy atom. The summed E-state index contributed by atoms with van der Waals surface area (Å²) in [5.74, 6) is 0.510. The molecule has 2 aromatic heterocycles. The number of fused-ring (bicyclic) bond motifs is 1. The maximum absolute atomic E-state index is 14.7. The predicted molar refractivity (Wildman–Crippen MR) is 242 cm³/mol. The zero-order chi connectivity index (χ0) is 47.3. The summed E-state index contributed by atoms with van der Waals surface area (Å²) < 4.78 is 130. The number of hydrogen-bond acceptors (Lipinski definition) is 10. The second-order valence-electron chi connectivity index (χ2n) is 17.0. The molecule has 0 bridgehead atoms.